The summed E-state index contributed by atoms with van der Waals surface area (Å²) in [4.78, 5) is 14.4. The standard InChI is InChI=1S/C18H19BrN2O/c1-21(17-11-10-13-6-2-3-7-14(13)17)12-18(22)20-16-9-5-4-8-15(16)19/h2-9,17H,10-12H2,1H3,(H,20,22)/t17-/m0/s1. The van der Waals surface area contributed by atoms with E-state index in [0.29, 0.717) is 12.6 Å². The van der Waals surface area contributed by atoms with Crippen LogP contribution in [0.15, 0.2) is 53.0 Å². The summed E-state index contributed by atoms with van der Waals surface area (Å²) in [6, 6.07) is 16.5. The van der Waals surface area contributed by atoms with Crippen molar-refractivity contribution >= 4 is 27.5 Å². The number of fused-ring (bicyclic) bond motifs is 1. The van der Waals surface area contributed by atoms with Gasteiger partial charge in [0, 0.05) is 10.5 Å². The summed E-state index contributed by atoms with van der Waals surface area (Å²) in [5.74, 6) is 0.0128. The van der Waals surface area contributed by atoms with Gasteiger partial charge in [-0.15, -0.1) is 0 Å². The van der Waals surface area contributed by atoms with E-state index in [2.05, 4.69) is 50.4 Å². The zero-order valence-corrected chi connectivity index (χ0v) is 14.1. The number of carbonyl (C=O) groups is 1. The van der Waals surface area contributed by atoms with Crippen molar-refractivity contribution in [2.45, 2.75) is 18.9 Å². The fourth-order valence-electron chi connectivity index (χ4n) is 3.08. The van der Waals surface area contributed by atoms with Crippen LogP contribution in [0.4, 0.5) is 5.69 Å². The number of hydrogen-bond donors (Lipinski definition) is 1. The molecule has 114 valence electrons. The number of rotatable bonds is 4. The topological polar surface area (TPSA) is 32.3 Å². The maximum atomic E-state index is 12.3. The highest BCUT2D eigenvalue weighted by Crippen LogP contribution is 2.34. The van der Waals surface area contributed by atoms with Crippen LogP contribution in [0.25, 0.3) is 0 Å². The average molecular weight is 359 g/mol. The molecule has 1 N–H and O–H groups in total. The molecule has 3 rings (SSSR count). The largest absolute Gasteiger partial charge is 0.324 e. The summed E-state index contributed by atoms with van der Waals surface area (Å²) >= 11 is 3.45. The third-order valence-electron chi connectivity index (χ3n) is 4.17. The van der Waals surface area contributed by atoms with Crippen molar-refractivity contribution < 1.29 is 4.79 Å². The zero-order chi connectivity index (χ0) is 15.5. The molecule has 22 heavy (non-hydrogen) atoms. The molecule has 2 aromatic carbocycles. The lowest BCUT2D eigenvalue weighted by atomic mass is 10.1. The highest BCUT2D eigenvalue weighted by atomic mass is 79.9. The molecule has 0 heterocycles. The van der Waals surface area contributed by atoms with Crippen LogP contribution < -0.4 is 5.32 Å². The Hall–Kier alpha value is -1.65. The van der Waals surface area contributed by atoms with Gasteiger partial charge in [-0.1, -0.05) is 36.4 Å². The second-order valence-electron chi connectivity index (χ2n) is 5.70. The van der Waals surface area contributed by atoms with E-state index in [1.807, 2.05) is 31.3 Å². The molecular formula is C18H19BrN2O. The normalized spacial score (nSPS) is 16.6. The number of nitrogens with zero attached hydrogens (tertiary/aromatic N) is 1. The molecule has 0 saturated carbocycles. The number of hydrogen-bond acceptors (Lipinski definition) is 2. The fraction of sp³-hybridized carbons (Fsp3) is 0.278. The van der Waals surface area contributed by atoms with E-state index < -0.39 is 0 Å². The van der Waals surface area contributed by atoms with Crippen LogP contribution in [0, 0.1) is 0 Å². The molecule has 1 aliphatic carbocycles. The van der Waals surface area contributed by atoms with Gasteiger partial charge in [0.05, 0.1) is 12.2 Å². The maximum Gasteiger partial charge on any atom is 0.238 e. The van der Waals surface area contributed by atoms with Crippen LogP contribution in [-0.2, 0) is 11.2 Å². The SMILES string of the molecule is CN(CC(=O)Nc1ccccc1Br)[C@H]1CCc2ccccc21. The number of carbonyl (C=O) groups excluding carboxylic acids is 1. The van der Waals surface area contributed by atoms with Crippen molar-refractivity contribution in [1.82, 2.24) is 4.90 Å². The molecule has 0 fully saturated rings. The number of anilines is 1. The number of nitrogens with one attached hydrogen (secondary N) is 1. The number of likely N-dealkylation sites (N-methyl/N-ethyl adjacent to an activating group) is 1. The van der Waals surface area contributed by atoms with E-state index >= 15 is 0 Å². The molecule has 1 amide bonds. The van der Waals surface area contributed by atoms with Gasteiger partial charge in [-0.05, 0) is 59.1 Å². The lowest BCUT2D eigenvalue weighted by Gasteiger charge is -2.24. The molecule has 3 nitrogen and oxygen atoms in total. The van der Waals surface area contributed by atoms with Gasteiger partial charge >= 0.3 is 0 Å². The number of halogens is 1. The Labute approximate surface area is 139 Å². The van der Waals surface area contributed by atoms with Crippen molar-refractivity contribution in [3.05, 3.63) is 64.1 Å². The van der Waals surface area contributed by atoms with Crippen LogP contribution in [0.5, 0.6) is 0 Å². The molecule has 0 radical (unpaired) electrons. The Morgan fingerprint density at radius 3 is 2.77 bits per heavy atom. The summed E-state index contributed by atoms with van der Waals surface area (Å²) in [5.41, 5.74) is 3.58. The van der Waals surface area contributed by atoms with Crippen LogP contribution in [0.2, 0.25) is 0 Å². The monoisotopic (exact) mass is 358 g/mol. The van der Waals surface area contributed by atoms with E-state index in [1.165, 1.54) is 11.1 Å². The Bertz CT molecular complexity index is 686. The van der Waals surface area contributed by atoms with E-state index in [4.69, 9.17) is 0 Å². The lowest BCUT2D eigenvalue weighted by molar-refractivity contribution is -0.117. The van der Waals surface area contributed by atoms with Gasteiger partial charge in [0.15, 0.2) is 0 Å². The van der Waals surface area contributed by atoms with E-state index in [0.717, 1.165) is 23.0 Å². The first-order valence-corrected chi connectivity index (χ1v) is 8.27. The summed E-state index contributed by atoms with van der Waals surface area (Å²) < 4.78 is 0.900. The minimum Gasteiger partial charge on any atom is -0.324 e. The Morgan fingerprint density at radius 2 is 1.95 bits per heavy atom. The van der Waals surface area contributed by atoms with Crippen molar-refractivity contribution in [2.24, 2.45) is 0 Å². The molecule has 1 atom stereocenters. The van der Waals surface area contributed by atoms with Crippen molar-refractivity contribution in [1.29, 1.82) is 0 Å². The smallest absolute Gasteiger partial charge is 0.238 e. The van der Waals surface area contributed by atoms with E-state index in [9.17, 15) is 4.79 Å². The molecule has 0 aliphatic heterocycles. The molecule has 0 bridgehead atoms. The van der Waals surface area contributed by atoms with Crippen molar-refractivity contribution in [3.8, 4) is 0 Å². The summed E-state index contributed by atoms with van der Waals surface area (Å²) in [5, 5.41) is 2.96. The van der Waals surface area contributed by atoms with E-state index in [1.54, 1.807) is 0 Å². The minimum atomic E-state index is 0.0128. The Balaban J connectivity index is 1.64. The van der Waals surface area contributed by atoms with Crippen molar-refractivity contribution in [2.75, 3.05) is 18.9 Å². The molecule has 4 heteroatoms. The highest BCUT2D eigenvalue weighted by molar-refractivity contribution is 9.10. The van der Waals surface area contributed by atoms with Crippen LogP contribution >= 0.6 is 15.9 Å². The fourth-order valence-corrected chi connectivity index (χ4v) is 3.47. The third kappa shape index (κ3) is 3.23. The van der Waals surface area contributed by atoms with Gasteiger partial charge in [0.25, 0.3) is 0 Å². The number of amides is 1. The highest BCUT2D eigenvalue weighted by Gasteiger charge is 2.26. The number of aryl methyl sites for hydroxylation is 1. The molecule has 2 aromatic rings. The Morgan fingerprint density at radius 1 is 1.23 bits per heavy atom. The molecular weight excluding hydrogens is 340 g/mol. The van der Waals surface area contributed by atoms with E-state index in [-0.39, 0.29) is 5.91 Å². The third-order valence-corrected chi connectivity index (χ3v) is 4.87. The summed E-state index contributed by atoms with van der Waals surface area (Å²) in [6.07, 6.45) is 2.18. The maximum absolute atomic E-state index is 12.3. The first kappa shape index (κ1) is 15.3. The first-order chi connectivity index (χ1) is 10.6. The van der Waals surface area contributed by atoms with Crippen LogP contribution in [-0.4, -0.2) is 24.4 Å². The van der Waals surface area contributed by atoms with Crippen molar-refractivity contribution in [3.63, 3.8) is 0 Å². The van der Waals surface area contributed by atoms with Crippen LogP contribution in [0.3, 0.4) is 0 Å². The van der Waals surface area contributed by atoms with Gasteiger partial charge in [0.2, 0.25) is 5.91 Å². The van der Waals surface area contributed by atoms with Gasteiger partial charge in [0.1, 0.15) is 0 Å². The molecule has 1 aliphatic rings. The van der Waals surface area contributed by atoms with Gasteiger partial charge < -0.3 is 5.32 Å². The number of benzene rings is 2. The predicted molar refractivity (Wildman–Crippen MR) is 92.9 cm³/mol. The minimum absolute atomic E-state index is 0.0128. The lowest BCUT2D eigenvalue weighted by Crippen LogP contribution is -2.32. The molecule has 0 aromatic heterocycles. The quantitative estimate of drug-likeness (QED) is 0.895. The predicted octanol–water partition coefficient (Wildman–Crippen LogP) is 4.01. The zero-order valence-electron chi connectivity index (χ0n) is 12.6. The van der Waals surface area contributed by atoms with Gasteiger partial charge in [-0.25, -0.2) is 0 Å². The first-order valence-electron chi connectivity index (χ1n) is 7.47. The molecule has 0 spiro atoms. The molecule has 0 saturated heterocycles. The summed E-state index contributed by atoms with van der Waals surface area (Å²) in [7, 11) is 2.02. The van der Waals surface area contributed by atoms with Gasteiger partial charge in [-0.2, -0.15) is 0 Å². The molecule has 0 unspecified atom stereocenters. The Kier molecular flexibility index (Phi) is 4.60. The second kappa shape index (κ2) is 6.63. The van der Waals surface area contributed by atoms with Gasteiger partial charge in [-0.3, -0.25) is 9.69 Å². The number of para-hydroxylation sites is 1. The summed E-state index contributed by atoms with van der Waals surface area (Å²) in [6.45, 7) is 0.389. The second-order valence-corrected chi connectivity index (χ2v) is 6.55. The average Bonchev–Trinajstić information content (AvgIpc) is 2.93. The van der Waals surface area contributed by atoms with Crippen LogP contribution in [0.1, 0.15) is 23.6 Å².